The summed E-state index contributed by atoms with van der Waals surface area (Å²) < 4.78 is 26.5. The number of carbonyl (C=O) groups excluding carboxylic acids is 1. The van der Waals surface area contributed by atoms with Crippen molar-refractivity contribution in [3.8, 4) is 0 Å². The van der Waals surface area contributed by atoms with Crippen LogP contribution in [0.4, 0.5) is 8.78 Å². The normalized spacial score (nSPS) is 23.4. The highest BCUT2D eigenvalue weighted by molar-refractivity contribution is 5.82. The zero-order chi connectivity index (χ0) is 15.5. The van der Waals surface area contributed by atoms with Crippen molar-refractivity contribution in [2.45, 2.75) is 32.0 Å². The van der Waals surface area contributed by atoms with Crippen molar-refractivity contribution >= 4 is 5.91 Å². The minimum absolute atomic E-state index is 0.0377. The van der Waals surface area contributed by atoms with Gasteiger partial charge in [0.05, 0.1) is 12.6 Å². The number of alkyl halides is 2. The molecule has 2 saturated heterocycles. The van der Waals surface area contributed by atoms with Gasteiger partial charge in [-0.1, -0.05) is 0 Å². The lowest BCUT2D eigenvalue weighted by Gasteiger charge is -2.35. The molecule has 1 aromatic heterocycles. The lowest BCUT2D eigenvalue weighted by atomic mass is 10.2. The van der Waals surface area contributed by atoms with E-state index in [1.807, 2.05) is 4.90 Å². The van der Waals surface area contributed by atoms with Gasteiger partial charge in [0.25, 0.3) is 0 Å². The number of hydrogen-bond donors (Lipinski definition) is 1. The predicted octanol–water partition coefficient (Wildman–Crippen LogP) is 0.674. The summed E-state index contributed by atoms with van der Waals surface area (Å²) in [6.45, 7) is 1.41. The van der Waals surface area contributed by atoms with E-state index in [4.69, 9.17) is 0 Å². The molecule has 2 fully saturated rings. The van der Waals surface area contributed by atoms with Crippen molar-refractivity contribution in [3.63, 3.8) is 0 Å². The summed E-state index contributed by atoms with van der Waals surface area (Å²) in [4.78, 5) is 20.2. The monoisotopic (exact) mass is 313 g/mol. The molecule has 122 valence electrons. The average Bonchev–Trinajstić information content (AvgIpc) is 3.18. The molecule has 1 N–H and O–H groups in total. The van der Waals surface area contributed by atoms with Gasteiger partial charge in [0.1, 0.15) is 5.82 Å². The van der Waals surface area contributed by atoms with Gasteiger partial charge in [-0.25, -0.2) is 4.98 Å². The zero-order valence-corrected chi connectivity index (χ0v) is 12.4. The Labute approximate surface area is 128 Å². The minimum Gasteiger partial charge on any atom is -0.339 e. The maximum Gasteiger partial charge on any atom is 0.319 e. The molecule has 1 atom stereocenters. The molecular weight excluding hydrogens is 292 g/mol. The van der Waals surface area contributed by atoms with E-state index in [1.165, 1.54) is 12.4 Å². The van der Waals surface area contributed by atoms with Gasteiger partial charge in [0.15, 0.2) is 0 Å². The smallest absolute Gasteiger partial charge is 0.319 e. The van der Waals surface area contributed by atoms with Crippen LogP contribution in [-0.4, -0.2) is 64.0 Å². The van der Waals surface area contributed by atoms with Crippen LogP contribution in [0, 0.1) is 0 Å². The number of imidazole rings is 1. The quantitative estimate of drug-likeness (QED) is 0.888. The highest BCUT2D eigenvalue weighted by atomic mass is 19.3. The number of nitrogens with zero attached hydrogens (tertiary/aromatic N) is 4. The van der Waals surface area contributed by atoms with Crippen LogP contribution >= 0.6 is 0 Å². The van der Waals surface area contributed by atoms with Crippen molar-refractivity contribution in [3.05, 3.63) is 18.2 Å². The van der Waals surface area contributed by atoms with Crippen LogP contribution in [0.1, 0.15) is 25.2 Å². The Morgan fingerprint density at radius 3 is 2.77 bits per heavy atom. The van der Waals surface area contributed by atoms with Gasteiger partial charge in [-0.05, 0) is 19.4 Å². The maximum absolute atomic E-state index is 12.8. The van der Waals surface area contributed by atoms with Crippen molar-refractivity contribution in [1.82, 2.24) is 24.7 Å². The Morgan fingerprint density at radius 1 is 1.36 bits per heavy atom. The number of rotatable bonds is 4. The van der Waals surface area contributed by atoms with Gasteiger partial charge in [-0.3, -0.25) is 14.3 Å². The summed E-state index contributed by atoms with van der Waals surface area (Å²) in [6.07, 6.45) is 4.65. The molecule has 1 aromatic rings. The Kier molecular flexibility index (Phi) is 4.68. The molecule has 0 unspecified atom stereocenters. The lowest BCUT2D eigenvalue weighted by molar-refractivity contribution is -0.134. The Balaban J connectivity index is 1.51. The molecule has 2 aliphatic heterocycles. The van der Waals surface area contributed by atoms with Crippen LogP contribution < -0.4 is 5.32 Å². The molecular formula is C14H21F2N5O. The van der Waals surface area contributed by atoms with Gasteiger partial charge in [-0.15, -0.1) is 0 Å². The van der Waals surface area contributed by atoms with E-state index in [0.29, 0.717) is 38.5 Å². The molecule has 6 nitrogen and oxygen atoms in total. The number of aromatic nitrogens is 2. The van der Waals surface area contributed by atoms with Crippen molar-refractivity contribution < 1.29 is 13.6 Å². The standard InChI is InChI=1S/C14H21F2N5O/c15-14(16)21-5-4-18-12(21)10-19-6-8-20(9-7-19)13(22)11-2-1-3-17-11/h4-5,11,14,17H,1-3,6-10H2/t11-/m0/s1. The third-order valence-electron chi connectivity index (χ3n) is 4.37. The molecule has 22 heavy (non-hydrogen) atoms. The SMILES string of the molecule is O=C([C@@H]1CCCN1)N1CCN(Cc2nccn2C(F)F)CC1. The number of halogens is 2. The summed E-state index contributed by atoms with van der Waals surface area (Å²) in [5.74, 6) is 0.540. The maximum atomic E-state index is 12.8. The largest absolute Gasteiger partial charge is 0.339 e. The molecule has 3 rings (SSSR count). The number of amides is 1. The molecule has 8 heteroatoms. The second-order valence-corrected chi connectivity index (χ2v) is 5.78. The third-order valence-corrected chi connectivity index (χ3v) is 4.37. The molecule has 1 amide bonds. The summed E-state index contributed by atoms with van der Waals surface area (Å²) in [6, 6.07) is -0.0377. The summed E-state index contributed by atoms with van der Waals surface area (Å²) >= 11 is 0. The second-order valence-electron chi connectivity index (χ2n) is 5.78. The van der Waals surface area contributed by atoms with Crippen molar-refractivity contribution in [2.75, 3.05) is 32.7 Å². The fourth-order valence-electron chi connectivity index (χ4n) is 3.09. The molecule has 0 aromatic carbocycles. The molecule has 0 radical (unpaired) electrons. The van der Waals surface area contributed by atoms with E-state index in [1.54, 1.807) is 0 Å². The molecule has 0 spiro atoms. The first kappa shape index (κ1) is 15.4. The topological polar surface area (TPSA) is 53.4 Å². The first-order chi connectivity index (χ1) is 10.6. The lowest BCUT2D eigenvalue weighted by Crippen LogP contribution is -2.52. The first-order valence-electron chi connectivity index (χ1n) is 7.69. The summed E-state index contributed by atoms with van der Waals surface area (Å²) in [5.41, 5.74) is 0. The number of hydrogen-bond acceptors (Lipinski definition) is 4. The summed E-state index contributed by atoms with van der Waals surface area (Å²) in [5, 5.41) is 3.22. The third kappa shape index (κ3) is 3.27. The van der Waals surface area contributed by atoms with E-state index < -0.39 is 6.55 Å². The van der Waals surface area contributed by atoms with E-state index in [2.05, 4.69) is 15.2 Å². The number of piperazine rings is 1. The Bertz CT molecular complexity index is 507. The average molecular weight is 313 g/mol. The van der Waals surface area contributed by atoms with Crippen LogP contribution in [0.25, 0.3) is 0 Å². The van der Waals surface area contributed by atoms with Gasteiger partial charge in [0, 0.05) is 38.6 Å². The van der Waals surface area contributed by atoms with E-state index >= 15 is 0 Å². The summed E-state index contributed by atoms with van der Waals surface area (Å²) in [7, 11) is 0. The Hall–Kier alpha value is -1.54. The molecule has 3 heterocycles. The molecule has 0 aliphatic carbocycles. The second kappa shape index (κ2) is 6.70. The fourth-order valence-corrected chi connectivity index (χ4v) is 3.09. The zero-order valence-electron chi connectivity index (χ0n) is 12.4. The molecule has 2 aliphatic rings. The molecule has 0 bridgehead atoms. The van der Waals surface area contributed by atoms with Gasteiger partial charge in [-0.2, -0.15) is 8.78 Å². The van der Waals surface area contributed by atoms with Crippen LogP contribution in [0.3, 0.4) is 0 Å². The van der Waals surface area contributed by atoms with Crippen LogP contribution in [-0.2, 0) is 11.3 Å². The first-order valence-corrected chi connectivity index (χ1v) is 7.69. The van der Waals surface area contributed by atoms with E-state index in [0.717, 1.165) is 24.0 Å². The van der Waals surface area contributed by atoms with Crippen LogP contribution in [0.2, 0.25) is 0 Å². The molecule has 0 saturated carbocycles. The Morgan fingerprint density at radius 2 is 2.14 bits per heavy atom. The predicted molar refractivity (Wildman–Crippen MR) is 76.4 cm³/mol. The highest BCUT2D eigenvalue weighted by Gasteiger charge is 2.29. The van der Waals surface area contributed by atoms with E-state index in [-0.39, 0.29) is 11.9 Å². The van der Waals surface area contributed by atoms with Crippen LogP contribution in [0.5, 0.6) is 0 Å². The number of carbonyl (C=O) groups is 1. The number of nitrogens with one attached hydrogen (secondary N) is 1. The van der Waals surface area contributed by atoms with Gasteiger partial charge >= 0.3 is 6.55 Å². The van der Waals surface area contributed by atoms with Gasteiger partial charge in [0.2, 0.25) is 5.91 Å². The minimum atomic E-state index is -2.56. The van der Waals surface area contributed by atoms with Crippen LogP contribution in [0.15, 0.2) is 12.4 Å². The van der Waals surface area contributed by atoms with Gasteiger partial charge < -0.3 is 10.2 Å². The van der Waals surface area contributed by atoms with E-state index in [9.17, 15) is 13.6 Å². The van der Waals surface area contributed by atoms with Crippen molar-refractivity contribution in [1.29, 1.82) is 0 Å². The fraction of sp³-hybridized carbons (Fsp3) is 0.714. The highest BCUT2D eigenvalue weighted by Crippen LogP contribution is 2.16. The van der Waals surface area contributed by atoms with Crippen molar-refractivity contribution in [2.24, 2.45) is 0 Å².